The molecule has 2 aromatic carbocycles. The Hall–Kier alpha value is -2.77. The minimum Gasteiger partial charge on any atom is -0.267 e. The van der Waals surface area contributed by atoms with Crippen molar-refractivity contribution in [2.75, 3.05) is 0 Å². The lowest BCUT2D eigenvalue weighted by molar-refractivity contribution is 0.0955. The maximum atomic E-state index is 12.2. The number of aromatic nitrogens is 4. The maximum Gasteiger partial charge on any atom is 0.271 e. The van der Waals surface area contributed by atoms with Crippen LogP contribution in [0.15, 0.2) is 53.9 Å². The first-order valence-corrected chi connectivity index (χ1v) is 7.93. The highest BCUT2D eigenvalue weighted by molar-refractivity contribution is 6.37. The fourth-order valence-electron chi connectivity index (χ4n) is 2.09. The summed E-state index contributed by atoms with van der Waals surface area (Å²) in [6.45, 7) is 1.75. The molecule has 7 nitrogen and oxygen atoms in total. The Morgan fingerprint density at radius 2 is 1.92 bits per heavy atom. The number of hydrogen-bond donors (Lipinski definition) is 1. The van der Waals surface area contributed by atoms with E-state index in [9.17, 15) is 4.79 Å². The van der Waals surface area contributed by atoms with E-state index < -0.39 is 0 Å². The van der Waals surface area contributed by atoms with Crippen molar-refractivity contribution >= 4 is 34.8 Å². The lowest BCUT2D eigenvalue weighted by Crippen LogP contribution is -2.19. The molecule has 9 heteroatoms. The van der Waals surface area contributed by atoms with Crippen LogP contribution < -0.4 is 5.43 Å². The van der Waals surface area contributed by atoms with Gasteiger partial charge in [0.15, 0.2) is 0 Å². The highest BCUT2D eigenvalue weighted by Crippen LogP contribution is 2.21. The van der Waals surface area contributed by atoms with Gasteiger partial charge >= 0.3 is 0 Å². The molecule has 0 fully saturated rings. The number of nitrogens with zero attached hydrogens (tertiary/aromatic N) is 5. The van der Waals surface area contributed by atoms with Gasteiger partial charge < -0.3 is 0 Å². The Balaban J connectivity index is 1.71. The van der Waals surface area contributed by atoms with Crippen LogP contribution in [0.25, 0.3) is 5.69 Å². The Morgan fingerprint density at radius 1 is 1.16 bits per heavy atom. The molecule has 0 bridgehead atoms. The molecule has 3 rings (SSSR count). The summed E-state index contributed by atoms with van der Waals surface area (Å²) < 4.78 is 1.49. The highest BCUT2D eigenvalue weighted by Gasteiger charge is 2.08. The largest absolute Gasteiger partial charge is 0.271 e. The smallest absolute Gasteiger partial charge is 0.267 e. The van der Waals surface area contributed by atoms with Gasteiger partial charge in [0.1, 0.15) is 6.33 Å². The van der Waals surface area contributed by atoms with E-state index in [2.05, 4.69) is 26.1 Å². The van der Waals surface area contributed by atoms with E-state index in [1.54, 1.807) is 49.4 Å². The SMILES string of the molecule is C/C(=N\NC(=O)c1ccc(-n2cnnn2)cc1)c1ccc(Cl)cc1Cl. The van der Waals surface area contributed by atoms with Gasteiger partial charge in [0.05, 0.1) is 16.4 Å². The average Bonchev–Trinajstić information content (AvgIpc) is 3.14. The first-order chi connectivity index (χ1) is 12.0. The topological polar surface area (TPSA) is 85.1 Å². The molecule has 0 unspecified atom stereocenters. The average molecular weight is 375 g/mol. The second kappa shape index (κ2) is 7.42. The fourth-order valence-corrected chi connectivity index (χ4v) is 2.63. The fraction of sp³-hybridized carbons (Fsp3) is 0.0625. The molecule has 0 saturated carbocycles. The number of hydrogen-bond acceptors (Lipinski definition) is 5. The molecule has 1 amide bonds. The summed E-state index contributed by atoms with van der Waals surface area (Å²) in [6, 6.07) is 11.9. The third kappa shape index (κ3) is 4.01. The van der Waals surface area contributed by atoms with Crippen LogP contribution in [-0.2, 0) is 0 Å². The number of tetrazole rings is 1. The molecule has 0 aliphatic heterocycles. The highest BCUT2D eigenvalue weighted by atomic mass is 35.5. The molecule has 1 heterocycles. The van der Waals surface area contributed by atoms with E-state index in [0.29, 0.717) is 26.9 Å². The van der Waals surface area contributed by atoms with Gasteiger partial charge in [-0.25, -0.2) is 10.1 Å². The molecule has 0 saturated heterocycles. The van der Waals surface area contributed by atoms with Crippen LogP contribution in [0.5, 0.6) is 0 Å². The number of hydrazone groups is 1. The maximum absolute atomic E-state index is 12.2. The molecule has 0 atom stereocenters. The molecule has 0 aliphatic carbocycles. The molecular weight excluding hydrogens is 363 g/mol. The van der Waals surface area contributed by atoms with Crippen LogP contribution in [0.2, 0.25) is 10.0 Å². The zero-order valence-corrected chi connectivity index (χ0v) is 14.5. The monoisotopic (exact) mass is 374 g/mol. The molecule has 0 spiro atoms. The van der Waals surface area contributed by atoms with Crippen molar-refractivity contribution in [3.8, 4) is 5.69 Å². The summed E-state index contributed by atoms with van der Waals surface area (Å²) in [5, 5.41) is 16.0. The predicted molar refractivity (Wildman–Crippen MR) is 95.3 cm³/mol. The van der Waals surface area contributed by atoms with Gasteiger partial charge in [0.2, 0.25) is 0 Å². The van der Waals surface area contributed by atoms with Crippen molar-refractivity contribution in [2.45, 2.75) is 6.92 Å². The quantitative estimate of drug-likeness (QED) is 0.561. The summed E-state index contributed by atoms with van der Waals surface area (Å²) in [5.74, 6) is -0.340. The van der Waals surface area contributed by atoms with Crippen LogP contribution >= 0.6 is 23.2 Å². The molecule has 1 N–H and O–H groups in total. The lowest BCUT2D eigenvalue weighted by Gasteiger charge is -2.06. The lowest BCUT2D eigenvalue weighted by atomic mass is 10.1. The predicted octanol–water partition coefficient (Wildman–Crippen LogP) is 3.12. The van der Waals surface area contributed by atoms with Gasteiger partial charge in [-0.2, -0.15) is 5.10 Å². The summed E-state index contributed by atoms with van der Waals surface area (Å²) >= 11 is 12.0. The van der Waals surface area contributed by atoms with Gasteiger partial charge in [0.25, 0.3) is 5.91 Å². The molecular formula is C16H12Cl2N6O. The van der Waals surface area contributed by atoms with Crippen LogP contribution in [0.1, 0.15) is 22.8 Å². The summed E-state index contributed by atoms with van der Waals surface area (Å²) in [5.41, 5.74) is 4.97. The van der Waals surface area contributed by atoms with Gasteiger partial charge in [-0.1, -0.05) is 29.3 Å². The summed E-state index contributed by atoms with van der Waals surface area (Å²) in [6.07, 6.45) is 1.47. The Bertz CT molecular complexity index is 922. The second-order valence-corrected chi connectivity index (χ2v) is 5.91. The normalized spacial score (nSPS) is 11.4. The van der Waals surface area contributed by atoms with E-state index in [1.165, 1.54) is 11.0 Å². The van der Waals surface area contributed by atoms with Gasteiger partial charge in [-0.05, 0) is 53.7 Å². The molecule has 0 aliphatic rings. The minimum atomic E-state index is -0.340. The molecule has 3 aromatic rings. The van der Waals surface area contributed by atoms with E-state index >= 15 is 0 Å². The van der Waals surface area contributed by atoms with E-state index in [1.807, 2.05) is 0 Å². The van der Waals surface area contributed by atoms with Gasteiger partial charge in [-0.3, -0.25) is 4.79 Å². The van der Waals surface area contributed by atoms with E-state index in [0.717, 1.165) is 5.69 Å². The van der Waals surface area contributed by atoms with Crippen molar-refractivity contribution in [3.63, 3.8) is 0 Å². The summed E-state index contributed by atoms with van der Waals surface area (Å²) in [7, 11) is 0. The van der Waals surface area contributed by atoms with Crippen LogP contribution in [-0.4, -0.2) is 31.8 Å². The van der Waals surface area contributed by atoms with Crippen molar-refractivity contribution in [1.29, 1.82) is 0 Å². The zero-order valence-electron chi connectivity index (χ0n) is 13.0. The van der Waals surface area contributed by atoms with Crippen molar-refractivity contribution in [3.05, 3.63) is 70.0 Å². The van der Waals surface area contributed by atoms with Crippen LogP contribution in [0.3, 0.4) is 0 Å². The van der Waals surface area contributed by atoms with Crippen LogP contribution in [0.4, 0.5) is 0 Å². The number of halogens is 2. The minimum absolute atomic E-state index is 0.340. The van der Waals surface area contributed by atoms with Gasteiger partial charge in [0, 0.05) is 16.1 Å². The van der Waals surface area contributed by atoms with Crippen molar-refractivity contribution in [1.82, 2.24) is 25.6 Å². The van der Waals surface area contributed by atoms with E-state index in [-0.39, 0.29) is 5.91 Å². The first-order valence-electron chi connectivity index (χ1n) is 7.18. The number of carbonyl (C=O) groups excluding carboxylic acids is 1. The molecule has 1 aromatic heterocycles. The summed E-state index contributed by atoms with van der Waals surface area (Å²) in [4.78, 5) is 12.2. The third-order valence-corrected chi connectivity index (χ3v) is 3.94. The standard InChI is InChI=1S/C16H12Cl2N6O/c1-10(14-7-4-12(17)8-15(14)18)20-21-16(25)11-2-5-13(6-3-11)24-9-19-22-23-24/h2-9H,1H3,(H,21,25)/b20-10+. The molecule has 25 heavy (non-hydrogen) atoms. The Kier molecular flexibility index (Phi) is 5.06. The molecule has 0 radical (unpaired) electrons. The molecule has 126 valence electrons. The third-order valence-electron chi connectivity index (χ3n) is 3.39. The first kappa shape index (κ1) is 17.1. The number of nitrogens with one attached hydrogen (secondary N) is 1. The number of carbonyl (C=O) groups is 1. The number of rotatable bonds is 4. The van der Waals surface area contributed by atoms with Crippen LogP contribution in [0, 0.1) is 0 Å². The Labute approximate surface area is 153 Å². The number of benzene rings is 2. The van der Waals surface area contributed by atoms with Crippen molar-refractivity contribution < 1.29 is 4.79 Å². The second-order valence-electron chi connectivity index (χ2n) is 5.06. The van der Waals surface area contributed by atoms with Crippen molar-refractivity contribution in [2.24, 2.45) is 5.10 Å². The van der Waals surface area contributed by atoms with Gasteiger partial charge in [-0.15, -0.1) is 5.10 Å². The number of amides is 1. The zero-order chi connectivity index (χ0) is 17.8. The Morgan fingerprint density at radius 3 is 2.56 bits per heavy atom. The van der Waals surface area contributed by atoms with E-state index in [4.69, 9.17) is 23.2 Å².